The number of anilines is 1. The van der Waals surface area contributed by atoms with Gasteiger partial charge in [0.25, 0.3) is 5.91 Å². The van der Waals surface area contributed by atoms with E-state index in [4.69, 9.17) is 23.2 Å². The third-order valence-corrected chi connectivity index (χ3v) is 8.19. The lowest BCUT2D eigenvalue weighted by molar-refractivity contribution is -0.128. The van der Waals surface area contributed by atoms with E-state index in [9.17, 15) is 9.59 Å². The van der Waals surface area contributed by atoms with Gasteiger partial charge in [0.15, 0.2) is 0 Å². The van der Waals surface area contributed by atoms with E-state index in [2.05, 4.69) is 15.2 Å². The van der Waals surface area contributed by atoms with E-state index < -0.39 is 23.2 Å². The highest BCUT2D eigenvalue weighted by Gasteiger charge is 2.69. The van der Waals surface area contributed by atoms with Gasteiger partial charge in [-0.25, -0.2) is 9.37 Å². The molecule has 2 saturated carbocycles. The number of rotatable bonds is 3. The molecule has 1 amide bonds. The van der Waals surface area contributed by atoms with E-state index in [0.717, 1.165) is 25.7 Å². The summed E-state index contributed by atoms with van der Waals surface area (Å²) in [4.78, 5) is 33.8. The maximum Gasteiger partial charge on any atom is 0.251 e. The minimum Gasteiger partial charge on any atom is -0.308 e. The summed E-state index contributed by atoms with van der Waals surface area (Å²) >= 11 is 12.3. The third kappa shape index (κ3) is 2.76. The van der Waals surface area contributed by atoms with Gasteiger partial charge in [-0.05, 0) is 55.4 Å². The molecular weight excluding hydrogens is 452 g/mol. The number of benzene rings is 1. The van der Waals surface area contributed by atoms with E-state index in [0.29, 0.717) is 35.8 Å². The van der Waals surface area contributed by atoms with Gasteiger partial charge >= 0.3 is 0 Å². The maximum absolute atomic E-state index is 15.5. The molecular formula is C24H22Cl2FN3O2. The highest BCUT2D eigenvalue weighted by molar-refractivity contribution is 6.31. The Kier molecular flexibility index (Phi) is 4.66. The zero-order valence-electron chi connectivity index (χ0n) is 17.3. The summed E-state index contributed by atoms with van der Waals surface area (Å²) in [6, 6.07) is 8.18. The number of carbonyl (C=O) groups is 2. The molecule has 1 N–H and O–H groups in total. The number of Topliss-reactive ketones (excluding diaryl/α,β-unsaturated/α-hetero) is 1. The van der Waals surface area contributed by atoms with E-state index >= 15 is 4.39 Å². The predicted octanol–water partition coefficient (Wildman–Crippen LogP) is 4.92. The fraction of sp³-hybridized carbons (Fsp3) is 0.458. The van der Waals surface area contributed by atoms with Gasteiger partial charge in [-0.3, -0.25) is 14.5 Å². The Balaban J connectivity index is 1.65. The van der Waals surface area contributed by atoms with E-state index in [1.807, 2.05) is 0 Å². The molecule has 1 aromatic heterocycles. The second-order valence-corrected chi connectivity index (χ2v) is 10.2. The van der Waals surface area contributed by atoms with Crippen LogP contribution in [0.2, 0.25) is 10.2 Å². The molecule has 5 nitrogen and oxygen atoms in total. The van der Waals surface area contributed by atoms with Crippen LogP contribution >= 0.6 is 23.2 Å². The minimum atomic E-state index is -1.23. The van der Waals surface area contributed by atoms with Crippen LogP contribution in [-0.2, 0) is 15.1 Å². The number of ketones is 1. The number of nitrogens with one attached hydrogen (secondary N) is 1. The molecule has 0 unspecified atom stereocenters. The topological polar surface area (TPSA) is 62.3 Å². The molecule has 4 aliphatic rings. The molecule has 1 saturated heterocycles. The smallest absolute Gasteiger partial charge is 0.251 e. The van der Waals surface area contributed by atoms with Gasteiger partial charge < -0.3 is 5.32 Å². The van der Waals surface area contributed by atoms with Crippen molar-refractivity contribution in [2.24, 2.45) is 11.8 Å². The van der Waals surface area contributed by atoms with Crippen LogP contribution in [0.5, 0.6) is 0 Å². The first-order valence-electron chi connectivity index (χ1n) is 11.1. The Labute approximate surface area is 195 Å². The Morgan fingerprint density at radius 1 is 1.16 bits per heavy atom. The van der Waals surface area contributed by atoms with Crippen molar-refractivity contribution in [3.05, 3.63) is 57.5 Å². The van der Waals surface area contributed by atoms with Gasteiger partial charge in [-0.1, -0.05) is 35.3 Å². The van der Waals surface area contributed by atoms with Crippen LogP contribution in [-0.4, -0.2) is 34.2 Å². The zero-order valence-corrected chi connectivity index (χ0v) is 18.8. The molecule has 2 aliphatic heterocycles. The summed E-state index contributed by atoms with van der Waals surface area (Å²) in [7, 11) is 0. The second kappa shape index (κ2) is 7.24. The lowest BCUT2D eigenvalue weighted by Gasteiger charge is -2.39. The standard InChI is InChI=1S/C24H22Cl2FN3O2/c25-15-4-1-3-13(21(15)27)20-19-16(5-2-6-17(19)31)30(11-12-7-8-12)24(20)14-9-10-18(26)28-22(14)29-23(24)32/h1,3-4,9-10,12,16,19-20H,2,5-8,11H2,(H,28,29,32)/t16-,19-,20-,24+/m0/s1. The second-order valence-electron chi connectivity index (χ2n) is 9.42. The first-order valence-corrected chi connectivity index (χ1v) is 11.9. The monoisotopic (exact) mass is 473 g/mol. The number of aromatic nitrogens is 1. The number of carbonyl (C=O) groups excluding carboxylic acids is 2. The molecule has 6 rings (SSSR count). The van der Waals surface area contributed by atoms with Crippen LogP contribution in [0.1, 0.15) is 49.1 Å². The van der Waals surface area contributed by atoms with Gasteiger partial charge in [0.1, 0.15) is 28.1 Å². The summed E-state index contributed by atoms with van der Waals surface area (Å²) in [5.74, 6) is -1.05. The van der Waals surface area contributed by atoms with Crippen LogP contribution in [0.15, 0.2) is 30.3 Å². The van der Waals surface area contributed by atoms with Crippen molar-refractivity contribution in [1.82, 2.24) is 9.88 Å². The fourth-order valence-electron chi connectivity index (χ4n) is 6.30. The number of fused-ring (bicyclic) bond motifs is 3. The number of nitrogens with zero attached hydrogens (tertiary/aromatic N) is 2. The molecule has 4 atom stereocenters. The summed E-state index contributed by atoms with van der Waals surface area (Å²) in [6.45, 7) is 0.697. The van der Waals surface area contributed by atoms with Crippen molar-refractivity contribution in [3.8, 4) is 0 Å². The highest BCUT2D eigenvalue weighted by atomic mass is 35.5. The quantitative estimate of drug-likeness (QED) is 0.642. The molecule has 1 spiro atoms. The highest BCUT2D eigenvalue weighted by Crippen LogP contribution is 2.62. The van der Waals surface area contributed by atoms with Gasteiger partial charge in [-0.15, -0.1) is 0 Å². The van der Waals surface area contributed by atoms with E-state index in [-0.39, 0.29) is 27.9 Å². The maximum atomic E-state index is 15.5. The van der Waals surface area contributed by atoms with Crippen molar-refractivity contribution < 1.29 is 14.0 Å². The average molecular weight is 474 g/mol. The normalized spacial score (nSPS) is 31.7. The molecule has 0 bridgehead atoms. The van der Waals surface area contributed by atoms with Crippen LogP contribution in [0, 0.1) is 17.7 Å². The predicted molar refractivity (Wildman–Crippen MR) is 119 cm³/mol. The number of hydrogen-bond donors (Lipinski definition) is 1. The summed E-state index contributed by atoms with van der Waals surface area (Å²) in [5, 5.41) is 3.17. The first-order chi connectivity index (χ1) is 15.4. The minimum absolute atomic E-state index is 0.00837. The van der Waals surface area contributed by atoms with Crippen molar-refractivity contribution in [1.29, 1.82) is 0 Å². The molecule has 2 aliphatic carbocycles. The van der Waals surface area contributed by atoms with Crippen molar-refractivity contribution in [2.45, 2.75) is 49.6 Å². The largest absolute Gasteiger partial charge is 0.308 e. The van der Waals surface area contributed by atoms with Gasteiger partial charge in [0, 0.05) is 36.4 Å². The van der Waals surface area contributed by atoms with Crippen LogP contribution in [0.3, 0.4) is 0 Å². The third-order valence-electron chi connectivity index (χ3n) is 7.69. The molecule has 8 heteroatoms. The Morgan fingerprint density at radius 3 is 2.75 bits per heavy atom. The molecule has 0 radical (unpaired) electrons. The van der Waals surface area contributed by atoms with Crippen molar-refractivity contribution in [2.75, 3.05) is 11.9 Å². The Hall–Kier alpha value is -2.02. The SMILES string of the molecule is O=C1CCC[C@H]2[C@@H]1[C@H](c1cccc(Cl)c1F)[C@]1(C(=O)Nc3nc(Cl)ccc31)N2CC1CC1. The van der Waals surface area contributed by atoms with Gasteiger partial charge in [0.05, 0.1) is 5.02 Å². The van der Waals surface area contributed by atoms with Crippen molar-refractivity contribution >= 4 is 40.7 Å². The van der Waals surface area contributed by atoms with Crippen LogP contribution < -0.4 is 5.32 Å². The van der Waals surface area contributed by atoms with Crippen LogP contribution in [0.4, 0.5) is 10.2 Å². The summed E-state index contributed by atoms with van der Waals surface area (Å²) in [6.07, 6.45) is 4.21. The number of pyridine rings is 1. The van der Waals surface area contributed by atoms with E-state index in [1.165, 1.54) is 6.07 Å². The number of hydrogen-bond acceptors (Lipinski definition) is 4. The van der Waals surface area contributed by atoms with Crippen LogP contribution in [0.25, 0.3) is 0 Å². The molecule has 166 valence electrons. The Morgan fingerprint density at radius 2 is 1.97 bits per heavy atom. The molecule has 3 fully saturated rings. The van der Waals surface area contributed by atoms with Gasteiger partial charge in [-0.2, -0.15) is 0 Å². The summed E-state index contributed by atoms with van der Waals surface area (Å²) < 4.78 is 15.5. The molecule has 32 heavy (non-hydrogen) atoms. The average Bonchev–Trinajstić information content (AvgIpc) is 3.47. The molecule has 3 heterocycles. The lowest BCUT2D eigenvalue weighted by atomic mass is 9.68. The number of halogens is 3. The van der Waals surface area contributed by atoms with Crippen molar-refractivity contribution in [3.63, 3.8) is 0 Å². The van der Waals surface area contributed by atoms with E-state index in [1.54, 1.807) is 24.3 Å². The fourth-order valence-corrected chi connectivity index (χ4v) is 6.63. The number of likely N-dealkylation sites (tertiary alicyclic amines) is 1. The van der Waals surface area contributed by atoms with Gasteiger partial charge in [0.2, 0.25) is 0 Å². The lowest BCUT2D eigenvalue weighted by Crippen LogP contribution is -2.52. The zero-order chi connectivity index (χ0) is 22.2. The molecule has 1 aromatic carbocycles. The first kappa shape index (κ1) is 20.6. The molecule has 2 aromatic rings. The summed E-state index contributed by atoms with van der Waals surface area (Å²) in [5.41, 5.74) is -0.241. The number of amides is 1. The Bertz CT molecular complexity index is 1150.